The highest BCUT2D eigenvalue weighted by Crippen LogP contribution is 2.32. The van der Waals surface area contributed by atoms with Crippen LogP contribution in [0.25, 0.3) is 6.08 Å². The summed E-state index contributed by atoms with van der Waals surface area (Å²) in [6.45, 7) is -3.41. The molecule has 0 spiro atoms. The van der Waals surface area contributed by atoms with Crippen LogP contribution in [0.1, 0.15) is 15.9 Å². The van der Waals surface area contributed by atoms with Crippen molar-refractivity contribution < 1.29 is 37.1 Å². The number of hydrogen-bond acceptors (Lipinski definition) is 6. The molecule has 2 aromatic rings. The van der Waals surface area contributed by atoms with E-state index in [4.69, 9.17) is 0 Å². The van der Waals surface area contributed by atoms with E-state index < -0.39 is 35.4 Å². The third-order valence-electron chi connectivity index (χ3n) is 4.45. The number of imide groups is 1. The van der Waals surface area contributed by atoms with Gasteiger partial charge in [0.15, 0.2) is 0 Å². The second-order valence-electron chi connectivity index (χ2n) is 6.82. The molecule has 1 aliphatic rings. The molecule has 8 nitrogen and oxygen atoms in total. The second-order valence-corrected chi connectivity index (χ2v) is 7.81. The number of carbonyl (C=O) groups is 4. The van der Waals surface area contributed by atoms with Crippen molar-refractivity contribution in [3.05, 3.63) is 70.4 Å². The average molecular weight is 493 g/mol. The molecule has 2 N–H and O–H groups in total. The lowest BCUT2D eigenvalue weighted by Crippen LogP contribution is -2.41. The van der Waals surface area contributed by atoms with Gasteiger partial charge in [-0.05, 0) is 59.8 Å². The minimum atomic E-state index is -2.95. The third kappa shape index (κ3) is 6.85. The van der Waals surface area contributed by atoms with Crippen LogP contribution < -0.4 is 15.4 Å². The molecule has 1 aliphatic heterocycles. The maximum Gasteiger partial charge on any atom is 0.387 e. The molecule has 12 heteroatoms. The highest BCUT2D eigenvalue weighted by Gasteiger charge is 2.34. The van der Waals surface area contributed by atoms with Gasteiger partial charge in [0.2, 0.25) is 5.91 Å². The van der Waals surface area contributed by atoms with Crippen molar-refractivity contribution >= 4 is 40.8 Å². The van der Waals surface area contributed by atoms with Crippen molar-refractivity contribution in [2.45, 2.75) is 6.61 Å². The van der Waals surface area contributed by atoms with Gasteiger partial charge in [0.05, 0.1) is 11.4 Å². The highest BCUT2D eigenvalue weighted by atomic mass is 32.2. The second kappa shape index (κ2) is 11.4. The first-order valence-electron chi connectivity index (χ1n) is 9.83. The molecule has 3 rings (SSSR count). The Morgan fingerprint density at radius 2 is 1.71 bits per heavy atom. The van der Waals surface area contributed by atoms with Crippen LogP contribution in [-0.2, 0) is 9.59 Å². The van der Waals surface area contributed by atoms with Gasteiger partial charge >= 0.3 is 6.61 Å². The van der Waals surface area contributed by atoms with Gasteiger partial charge in [0.1, 0.15) is 11.6 Å². The first kappa shape index (κ1) is 24.8. The molecule has 1 saturated heterocycles. The Labute approximate surface area is 196 Å². The van der Waals surface area contributed by atoms with E-state index in [0.717, 1.165) is 17.0 Å². The maximum atomic E-state index is 12.9. The lowest BCUT2D eigenvalue weighted by molar-refractivity contribution is -0.124. The lowest BCUT2D eigenvalue weighted by atomic mass is 10.2. The van der Waals surface area contributed by atoms with Crippen LogP contribution in [0.2, 0.25) is 0 Å². The van der Waals surface area contributed by atoms with Gasteiger partial charge in [0.25, 0.3) is 17.1 Å². The number of hydrogen-bond donors (Lipinski definition) is 2. The van der Waals surface area contributed by atoms with Crippen LogP contribution in [0.15, 0.2) is 53.4 Å². The molecular weight excluding hydrogens is 475 g/mol. The van der Waals surface area contributed by atoms with E-state index in [0.29, 0.717) is 17.3 Å². The number of amides is 4. The summed E-state index contributed by atoms with van der Waals surface area (Å²) in [6, 6.07) is 10.4. The van der Waals surface area contributed by atoms with Crippen LogP contribution in [0.4, 0.5) is 18.0 Å². The zero-order valence-electron chi connectivity index (χ0n) is 17.4. The van der Waals surface area contributed by atoms with E-state index in [1.165, 1.54) is 42.5 Å². The molecule has 0 saturated carbocycles. The normalized spacial score (nSPS) is 14.6. The number of ether oxygens (including phenoxy) is 1. The minimum absolute atomic E-state index is 0.0315. The molecule has 0 aliphatic carbocycles. The molecule has 34 heavy (non-hydrogen) atoms. The lowest BCUT2D eigenvalue weighted by Gasteiger charge is -2.13. The molecular formula is C22H18F3N3O5S. The van der Waals surface area contributed by atoms with Gasteiger partial charge in [-0.15, -0.1) is 0 Å². The largest absolute Gasteiger partial charge is 0.435 e. The van der Waals surface area contributed by atoms with E-state index in [2.05, 4.69) is 15.4 Å². The first-order valence-corrected chi connectivity index (χ1v) is 10.7. The minimum Gasteiger partial charge on any atom is -0.435 e. The van der Waals surface area contributed by atoms with E-state index in [9.17, 15) is 32.3 Å². The monoisotopic (exact) mass is 493 g/mol. The molecule has 0 bridgehead atoms. The van der Waals surface area contributed by atoms with Gasteiger partial charge in [-0.3, -0.25) is 24.1 Å². The Kier molecular flexibility index (Phi) is 8.30. The Bertz CT molecular complexity index is 1110. The summed E-state index contributed by atoms with van der Waals surface area (Å²) in [4.78, 5) is 49.6. The number of alkyl halides is 2. The predicted octanol–water partition coefficient (Wildman–Crippen LogP) is 3.01. The summed E-state index contributed by atoms with van der Waals surface area (Å²) in [5, 5.41) is 4.35. The van der Waals surface area contributed by atoms with E-state index in [-0.39, 0.29) is 35.9 Å². The Hall–Kier alpha value is -3.80. The SMILES string of the molecule is O=C(CNC(=O)c1ccc(F)cc1)NCCN1C(=O)S/C(=C\c2ccc(OC(F)F)cc2)C1=O. The molecule has 2 aromatic carbocycles. The van der Waals surface area contributed by atoms with E-state index >= 15 is 0 Å². The number of carbonyl (C=O) groups excluding carboxylic acids is 4. The van der Waals surface area contributed by atoms with Crippen LogP contribution in [0.5, 0.6) is 5.75 Å². The number of nitrogens with zero attached hydrogens (tertiary/aromatic N) is 1. The smallest absolute Gasteiger partial charge is 0.387 e. The summed E-state index contributed by atoms with van der Waals surface area (Å²) < 4.78 is 41.6. The standard InChI is InChI=1S/C22H18F3N3O5S/c23-15-5-3-14(4-6-15)19(30)27-12-18(29)26-9-10-28-20(31)17(34-22(28)32)11-13-1-7-16(8-2-13)33-21(24)25/h1-8,11,21H,9-10,12H2,(H,26,29)(H,27,30)/b17-11-. The fourth-order valence-electron chi connectivity index (χ4n) is 2.82. The Morgan fingerprint density at radius 1 is 1.03 bits per heavy atom. The zero-order chi connectivity index (χ0) is 24.7. The first-order chi connectivity index (χ1) is 16.2. The van der Waals surface area contributed by atoms with Crippen LogP contribution >= 0.6 is 11.8 Å². The van der Waals surface area contributed by atoms with Gasteiger partial charge in [-0.2, -0.15) is 8.78 Å². The van der Waals surface area contributed by atoms with E-state index in [1.54, 1.807) is 0 Å². The quantitative estimate of drug-likeness (QED) is 0.521. The van der Waals surface area contributed by atoms with Crippen molar-refractivity contribution in [3.63, 3.8) is 0 Å². The van der Waals surface area contributed by atoms with Crippen LogP contribution in [0.3, 0.4) is 0 Å². The molecule has 0 unspecified atom stereocenters. The van der Waals surface area contributed by atoms with Gasteiger partial charge in [-0.1, -0.05) is 12.1 Å². The highest BCUT2D eigenvalue weighted by molar-refractivity contribution is 8.18. The van der Waals surface area contributed by atoms with Crippen molar-refractivity contribution in [1.29, 1.82) is 0 Å². The summed E-state index contributed by atoms with van der Waals surface area (Å²) in [5.74, 6) is -2.18. The summed E-state index contributed by atoms with van der Waals surface area (Å²) >= 11 is 0.714. The molecule has 178 valence electrons. The molecule has 4 amide bonds. The number of halogens is 3. The number of benzene rings is 2. The Balaban J connectivity index is 1.46. The number of rotatable bonds is 9. The predicted molar refractivity (Wildman–Crippen MR) is 117 cm³/mol. The molecule has 1 heterocycles. The third-order valence-corrected chi connectivity index (χ3v) is 5.36. The van der Waals surface area contributed by atoms with Crippen molar-refractivity contribution in [1.82, 2.24) is 15.5 Å². The van der Waals surface area contributed by atoms with Crippen LogP contribution in [-0.4, -0.2) is 54.1 Å². The summed E-state index contributed by atoms with van der Waals surface area (Å²) in [6.07, 6.45) is 1.45. The molecule has 1 fully saturated rings. The maximum absolute atomic E-state index is 12.9. The van der Waals surface area contributed by atoms with Crippen molar-refractivity contribution in [2.75, 3.05) is 19.6 Å². The van der Waals surface area contributed by atoms with Crippen molar-refractivity contribution in [3.8, 4) is 5.75 Å². The fourth-order valence-corrected chi connectivity index (χ4v) is 3.69. The number of nitrogens with one attached hydrogen (secondary N) is 2. The summed E-state index contributed by atoms with van der Waals surface area (Å²) in [7, 11) is 0. The van der Waals surface area contributed by atoms with Gasteiger partial charge in [-0.25, -0.2) is 4.39 Å². The van der Waals surface area contributed by atoms with Crippen molar-refractivity contribution in [2.24, 2.45) is 0 Å². The summed E-state index contributed by atoms with van der Waals surface area (Å²) in [5.41, 5.74) is 0.701. The van der Waals surface area contributed by atoms with Gasteiger partial charge in [0, 0.05) is 18.7 Å². The fraction of sp³-hybridized carbons (Fsp3) is 0.182. The molecule has 0 aromatic heterocycles. The van der Waals surface area contributed by atoms with Gasteiger partial charge < -0.3 is 15.4 Å². The van der Waals surface area contributed by atoms with E-state index in [1.807, 2.05) is 0 Å². The molecule has 0 radical (unpaired) electrons. The zero-order valence-corrected chi connectivity index (χ0v) is 18.2. The topological polar surface area (TPSA) is 105 Å². The van der Waals surface area contributed by atoms with Crippen LogP contribution in [0, 0.1) is 5.82 Å². The average Bonchev–Trinajstić information content (AvgIpc) is 3.06. The number of thioether (sulfide) groups is 1. The Morgan fingerprint density at radius 3 is 2.35 bits per heavy atom. The molecule has 0 atom stereocenters.